The van der Waals surface area contributed by atoms with Crippen LogP contribution in [-0.2, 0) is 9.59 Å². The van der Waals surface area contributed by atoms with Crippen molar-refractivity contribution >= 4 is 23.4 Å². The number of alkyl halides is 1. The highest BCUT2D eigenvalue weighted by Crippen LogP contribution is 2.31. The summed E-state index contributed by atoms with van der Waals surface area (Å²) in [5.41, 5.74) is 0. The summed E-state index contributed by atoms with van der Waals surface area (Å²) in [6.45, 7) is 3.19. The lowest BCUT2D eigenvalue weighted by Crippen LogP contribution is -2.48. The van der Waals surface area contributed by atoms with Gasteiger partial charge in [0.2, 0.25) is 11.8 Å². The van der Waals surface area contributed by atoms with Gasteiger partial charge in [-0.1, -0.05) is 0 Å². The quantitative estimate of drug-likeness (QED) is 0.772. The van der Waals surface area contributed by atoms with Gasteiger partial charge in [-0.05, 0) is 32.6 Å². The maximum absolute atomic E-state index is 11.8. The highest BCUT2D eigenvalue weighted by Gasteiger charge is 2.35. The van der Waals surface area contributed by atoms with Gasteiger partial charge in [0, 0.05) is 25.0 Å². The lowest BCUT2D eigenvalue weighted by molar-refractivity contribution is -0.133. The number of nitrogens with zero attached hydrogens (tertiary/aromatic N) is 1. The number of carbonyl (C=O) groups is 2. The van der Waals surface area contributed by atoms with E-state index in [1.807, 2.05) is 4.90 Å². The van der Waals surface area contributed by atoms with Crippen molar-refractivity contribution in [3.05, 3.63) is 0 Å². The van der Waals surface area contributed by atoms with E-state index in [1.54, 1.807) is 6.92 Å². The maximum atomic E-state index is 11.8. The van der Waals surface area contributed by atoms with E-state index in [0.29, 0.717) is 11.8 Å². The van der Waals surface area contributed by atoms with E-state index in [1.165, 1.54) is 0 Å². The van der Waals surface area contributed by atoms with Crippen LogP contribution in [0.2, 0.25) is 0 Å². The molecule has 0 aromatic heterocycles. The smallest absolute Gasteiger partial charge is 0.237 e. The molecule has 96 valence electrons. The summed E-state index contributed by atoms with van der Waals surface area (Å²) in [7, 11) is 0. The molecule has 1 aliphatic heterocycles. The molecule has 2 fully saturated rings. The molecule has 1 unspecified atom stereocenters. The number of halogens is 1. The van der Waals surface area contributed by atoms with E-state index in [2.05, 4.69) is 5.32 Å². The predicted molar refractivity (Wildman–Crippen MR) is 65.8 cm³/mol. The summed E-state index contributed by atoms with van der Waals surface area (Å²) in [5.74, 6) is 0.489. The second kappa shape index (κ2) is 5.25. The number of hydrogen-bond acceptors (Lipinski definition) is 2. The van der Waals surface area contributed by atoms with Gasteiger partial charge in [-0.2, -0.15) is 0 Å². The second-order valence-electron chi connectivity index (χ2n) is 5.00. The van der Waals surface area contributed by atoms with Crippen LogP contribution in [0.5, 0.6) is 0 Å². The molecule has 17 heavy (non-hydrogen) atoms. The van der Waals surface area contributed by atoms with Crippen LogP contribution in [0.1, 0.15) is 32.6 Å². The Morgan fingerprint density at radius 3 is 2.29 bits per heavy atom. The lowest BCUT2D eigenvalue weighted by atomic mass is 10.0. The Labute approximate surface area is 107 Å². The number of piperidine rings is 1. The Morgan fingerprint density at radius 1 is 1.24 bits per heavy atom. The van der Waals surface area contributed by atoms with Crippen LogP contribution in [0.25, 0.3) is 0 Å². The molecule has 1 aliphatic carbocycles. The van der Waals surface area contributed by atoms with Crippen molar-refractivity contribution < 1.29 is 9.59 Å². The number of rotatable bonds is 3. The zero-order chi connectivity index (χ0) is 12.4. The summed E-state index contributed by atoms with van der Waals surface area (Å²) < 4.78 is 0. The third-order valence-corrected chi connectivity index (χ3v) is 3.64. The molecule has 1 saturated carbocycles. The summed E-state index contributed by atoms with van der Waals surface area (Å²) in [6.07, 6.45) is 3.79. The van der Waals surface area contributed by atoms with Gasteiger partial charge in [0.15, 0.2) is 0 Å². The van der Waals surface area contributed by atoms with Crippen molar-refractivity contribution in [1.29, 1.82) is 0 Å². The Balaban J connectivity index is 1.74. The van der Waals surface area contributed by atoms with Gasteiger partial charge in [-0.25, -0.2) is 0 Å². The Bertz CT molecular complexity index is 308. The minimum Gasteiger partial charge on any atom is -0.352 e. The van der Waals surface area contributed by atoms with Crippen LogP contribution in [0.3, 0.4) is 0 Å². The maximum Gasteiger partial charge on any atom is 0.237 e. The van der Waals surface area contributed by atoms with E-state index in [9.17, 15) is 9.59 Å². The SMILES string of the molecule is CC(Cl)C(=O)NC1CCN(C(=O)C2CC2)CC1. The van der Waals surface area contributed by atoms with Gasteiger partial charge in [0.05, 0.1) is 0 Å². The molecular weight excluding hydrogens is 240 g/mol. The normalized spacial score (nSPS) is 23.3. The van der Waals surface area contributed by atoms with E-state index in [4.69, 9.17) is 11.6 Å². The largest absolute Gasteiger partial charge is 0.352 e. The molecule has 4 nitrogen and oxygen atoms in total. The lowest BCUT2D eigenvalue weighted by Gasteiger charge is -2.32. The second-order valence-corrected chi connectivity index (χ2v) is 5.65. The Morgan fingerprint density at radius 2 is 1.82 bits per heavy atom. The summed E-state index contributed by atoms with van der Waals surface area (Å²) in [4.78, 5) is 25.2. The fourth-order valence-electron chi connectivity index (χ4n) is 2.15. The summed E-state index contributed by atoms with van der Waals surface area (Å²) >= 11 is 5.70. The van der Waals surface area contributed by atoms with Crippen molar-refractivity contribution in [2.24, 2.45) is 5.92 Å². The number of hydrogen-bond donors (Lipinski definition) is 1. The van der Waals surface area contributed by atoms with Gasteiger partial charge < -0.3 is 10.2 Å². The van der Waals surface area contributed by atoms with Crippen LogP contribution in [-0.4, -0.2) is 41.2 Å². The summed E-state index contributed by atoms with van der Waals surface area (Å²) in [6, 6.07) is 0.173. The number of likely N-dealkylation sites (tertiary alicyclic amines) is 1. The molecule has 1 N–H and O–H groups in total. The molecule has 0 aromatic carbocycles. The first-order chi connectivity index (χ1) is 8.08. The van der Waals surface area contributed by atoms with E-state index < -0.39 is 5.38 Å². The minimum absolute atomic E-state index is 0.112. The average molecular weight is 259 g/mol. The third-order valence-electron chi connectivity index (χ3n) is 3.44. The highest BCUT2D eigenvalue weighted by atomic mass is 35.5. The number of nitrogens with one attached hydrogen (secondary N) is 1. The van der Waals surface area contributed by atoms with Crippen LogP contribution in [0.4, 0.5) is 0 Å². The molecule has 2 amide bonds. The predicted octanol–water partition coefficient (Wildman–Crippen LogP) is 1.13. The van der Waals surface area contributed by atoms with Crippen molar-refractivity contribution in [2.75, 3.05) is 13.1 Å². The van der Waals surface area contributed by atoms with E-state index >= 15 is 0 Å². The fourth-order valence-corrected chi connectivity index (χ4v) is 2.21. The van der Waals surface area contributed by atoms with Crippen molar-refractivity contribution in [3.63, 3.8) is 0 Å². The van der Waals surface area contributed by atoms with Crippen LogP contribution in [0.15, 0.2) is 0 Å². The van der Waals surface area contributed by atoms with Crippen molar-refractivity contribution in [1.82, 2.24) is 10.2 Å². The van der Waals surface area contributed by atoms with Gasteiger partial charge in [-0.3, -0.25) is 9.59 Å². The first-order valence-corrected chi connectivity index (χ1v) is 6.75. The molecule has 0 aromatic rings. The number of carbonyl (C=O) groups excluding carboxylic acids is 2. The zero-order valence-electron chi connectivity index (χ0n) is 10.1. The molecule has 2 rings (SSSR count). The van der Waals surface area contributed by atoms with Gasteiger partial charge in [0.25, 0.3) is 0 Å². The standard InChI is InChI=1S/C12H19ClN2O2/c1-8(13)11(16)14-10-4-6-15(7-5-10)12(17)9-2-3-9/h8-10H,2-7H2,1H3,(H,14,16). The van der Waals surface area contributed by atoms with Crippen LogP contribution in [0, 0.1) is 5.92 Å². The van der Waals surface area contributed by atoms with E-state index in [-0.39, 0.29) is 11.9 Å². The molecule has 2 aliphatic rings. The number of amides is 2. The molecular formula is C12H19ClN2O2. The topological polar surface area (TPSA) is 49.4 Å². The molecule has 0 spiro atoms. The highest BCUT2D eigenvalue weighted by molar-refractivity contribution is 6.30. The van der Waals surface area contributed by atoms with Gasteiger partial charge in [-0.15, -0.1) is 11.6 Å². The molecule has 1 saturated heterocycles. The van der Waals surface area contributed by atoms with Crippen molar-refractivity contribution in [3.8, 4) is 0 Å². The first-order valence-electron chi connectivity index (χ1n) is 6.31. The zero-order valence-corrected chi connectivity index (χ0v) is 10.9. The first kappa shape index (κ1) is 12.7. The monoisotopic (exact) mass is 258 g/mol. The molecule has 1 heterocycles. The molecule has 1 atom stereocenters. The average Bonchev–Trinajstić information content (AvgIpc) is 3.13. The Kier molecular flexibility index (Phi) is 3.92. The molecule has 5 heteroatoms. The fraction of sp³-hybridized carbons (Fsp3) is 0.833. The third kappa shape index (κ3) is 3.35. The molecule has 0 bridgehead atoms. The molecule has 0 radical (unpaired) electrons. The van der Waals surface area contributed by atoms with Gasteiger partial charge in [0.1, 0.15) is 5.38 Å². The van der Waals surface area contributed by atoms with Crippen molar-refractivity contribution in [2.45, 2.75) is 44.0 Å². The Hall–Kier alpha value is -0.770. The van der Waals surface area contributed by atoms with Crippen LogP contribution < -0.4 is 5.32 Å². The summed E-state index contributed by atoms with van der Waals surface area (Å²) in [5, 5.41) is 2.43. The minimum atomic E-state index is -0.485. The van der Waals surface area contributed by atoms with Gasteiger partial charge >= 0.3 is 0 Å². The van der Waals surface area contributed by atoms with Crippen LogP contribution >= 0.6 is 11.6 Å². The van der Waals surface area contributed by atoms with E-state index in [0.717, 1.165) is 38.8 Å².